The zero-order valence-corrected chi connectivity index (χ0v) is 13.5. The molecule has 4 rings (SSSR count). The van der Waals surface area contributed by atoms with E-state index in [9.17, 15) is 9.18 Å². The van der Waals surface area contributed by atoms with Crippen LogP contribution in [0.5, 0.6) is 0 Å². The van der Waals surface area contributed by atoms with E-state index in [4.69, 9.17) is 0 Å². The molecule has 0 radical (unpaired) electrons. The average molecular weight is 329 g/mol. The second-order valence-electron chi connectivity index (χ2n) is 6.00. The Hall–Kier alpha value is -3.20. The number of carbonyl (C=O) groups excluding carboxylic acids is 1. The molecule has 0 saturated heterocycles. The van der Waals surface area contributed by atoms with Gasteiger partial charge < -0.3 is 4.90 Å². The molecule has 1 aliphatic rings. The van der Waals surface area contributed by atoms with Gasteiger partial charge in [0.05, 0.1) is 0 Å². The molecular weight excluding hydrogens is 313 g/mol. The van der Waals surface area contributed by atoms with Gasteiger partial charge in [0, 0.05) is 35.1 Å². The predicted octanol–water partition coefficient (Wildman–Crippen LogP) is 5.29. The molecule has 122 valence electrons. The highest BCUT2D eigenvalue weighted by molar-refractivity contribution is 6.13. The van der Waals surface area contributed by atoms with Gasteiger partial charge in [0.2, 0.25) is 0 Å². The number of halogens is 1. The van der Waals surface area contributed by atoms with Gasteiger partial charge in [0.25, 0.3) is 0 Å². The molecule has 0 aliphatic heterocycles. The number of carbonyl (C=O) groups is 1. The first-order valence-corrected chi connectivity index (χ1v) is 8.15. The van der Waals surface area contributed by atoms with E-state index in [1.54, 1.807) is 6.07 Å². The Bertz CT molecular complexity index is 909. The quantitative estimate of drug-likeness (QED) is 0.609. The molecular formula is C22H16FNO. The van der Waals surface area contributed by atoms with Gasteiger partial charge in [-0.1, -0.05) is 36.4 Å². The fourth-order valence-electron chi connectivity index (χ4n) is 3.12. The third-order valence-electron chi connectivity index (χ3n) is 4.34. The fourth-order valence-corrected chi connectivity index (χ4v) is 3.12. The van der Waals surface area contributed by atoms with Crippen LogP contribution in [0.2, 0.25) is 0 Å². The highest BCUT2D eigenvalue weighted by Gasteiger charge is 2.26. The van der Waals surface area contributed by atoms with Crippen molar-refractivity contribution >= 4 is 17.2 Å². The first-order chi connectivity index (χ1) is 12.2. The lowest BCUT2D eigenvalue weighted by molar-refractivity contribution is 0.103. The van der Waals surface area contributed by atoms with Gasteiger partial charge >= 0.3 is 0 Å². The number of anilines is 2. The normalized spacial score (nSPS) is 14.6. The summed E-state index contributed by atoms with van der Waals surface area (Å²) in [5.74, 6) is -0.345. The number of para-hydroxylation sites is 2. The fraction of sp³-hybridized carbons (Fsp3) is 0.0455. The van der Waals surface area contributed by atoms with Crippen LogP contribution in [0, 0.1) is 5.82 Å². The Labute approximate surface area is 145 Å². The Morgan fingerprint density at radius 3 is 2.04 bits per heavy atom. The molecule has 0 fully saturated rings. The monoisotopic (exact) mass is 329 g/mol. The van der Waals surface area contributed by atoms with Gasteiger partial charge in [0.1, 0.15) is 5.82 Å². The van der Waals surface area contributed by atoms with E-state index in [2.05, 4.69) is 0 Å². The van der Waals surface area contributed by atoms with E-state index < -0.39 is 0 Å². The lowest BCUT2D eigenvalue weighted by atomic mass is 10.1. The number of ketones is 1. The summed E-state index contributed by atoms with van der Waals surface area (Å²) in [6.07, 6.45) is 2.31. The lowest BCUT2D eigenvalue weighted by Crippen LogP contribution is -2.11. The molecule has 25 heavy (non-hydrogen) atoms. The smallest absolute Gasteiger partial charge is 0.191 e. The van der Waals surface area contributed by atoms with Crippen molar-refractivity contribution in [3.05, 3.63) is 108 Å². The number of hydrogen-bond donors (Lipinski definition) is 0. The Balaban J connectivity index is 1.77. The largest absolute Gasteiger partial charge is 0.317 e. The van der Waals surface area contributed by atoms with Gasteiger partial charge in [-0.25, -0.2) is 4.39 Å². The zero-order valence-electron chi connectivity index (χ0n) is 13.5. The van der Waals surface area contributed by atoms with Crippen molar-refractivity contribution in [2.24, 2.45) is 0 Å². The van der Waals surface area contributed by atoms with Crippen molar-refractivity contribution in [2.75, 3.05) is 4.90 Å². The molecule has 3 aromatic rings. The summed E-state index contributed by atoms with van der Waals surface area (Å²) in [6, 6.07) is 24.1. The van der Waals surface area contributed by atoms with Crippen LogP contribution in [-0.2, 0) is 6.42 Å². The number of Topliss-reactive ketones (excluding diaryl/α,β-unsaturated/α-hetero) is 1. The molecule has 0 heterocycles. The topological polar surface area (TPSA) is 20.3 Å². The van der Waals surface area contributed by atoms with Crippen LogP contribution in [0.25, 0.3) is 0 Å². The number of rotatable bonds is 3. The Morgan fingerprint density at radius 1 is 0.840 bits per heavy atom. The molecule has 0 saturated carbocycles. The van der Waals surface area contributed by atoms with E-state index in [1.807, 2.05) is 71.8 Å². The molecule has 0 unspecified atom stereocenters. The highest BCUT2D eigenvalue weighted by atomic mass is 19.1. The summed E-state index contributed by atoms with van der Waals surface area (Å²) in [4.78, 5) is 14.7. The van der Waals surface area contributed by atoms with Crippen molar-refractivity contribution in [1.82, 2.24) is 0 Å². The molecule has 2 nitrogen and oxygen atoms in total. The molecule has 0 atom stereocenters. The molecule has 0 spiro atoms. The maximum absolute atomic E-state index is 13.5. The third kappa shape index (κ3) is 2.96. The maximum atomic E-state index is 13.5. The number of hydrogen-bond acceptors (Lipinski definition) is 2. The van der Waals surface area contributed by atoms with Gasteiger partial charge in [-0.3, -0.25) is 4.79 Å². The van der Waals surface area contributed by atoms with Crippen LogP contribution < -0.4 is 4.90 Å². The minimum Gasteiger partial charge on any atom is -0.317 e. The average Bonchev–Trinajstić information content (AvgIpc) is 2.96. The van der Waals surface area contributed by atoms with Crippen molar-refractivity contribution < 1.29 is 9.18 Å². The number of fused-ring (bicyclic) bond motifs is 1. The molecule has 0 aromatic heterocycles. The number of allylic oxidation sites excluding steroid dienone is 1. The minimum atomic E-state index is -0.309. The van der Waals surface area contributed by atoms with Crippen LogP contribution in [0.4, 0.5) is 15.8 Å². The standard InChI is InChI=1S/C22H16FNO/c23-18-11-12-21-16(14-18)13-17(22(21)25)15-24(19-7-3-1-4-8-19)20-9-5-2-6-10-20/h1-12,14-15H,13H2/b17-15+. The van der Waals surface area contributed by atoms with E-state index in [-0.39, 0.29) is 11.6 Å². The highest BCUT2D eigenvalue weighted by Crippen LogP contribution is 2.31. The van der Waals surface area contributed by atoms with Gasteiger partial charge in [-0.05, 0) is 48.0 Å². The van der Waals surface area contributed by atoms with Gasteiger partial charge in [0.15, 0.2) is 5.78 Å². The maximum Gasteiger partial charge on any atom is 0.191 e. The van der Waals surface area contributed by atoms with Crippen molar-refractivity contribution in [3.63, 3.8) is 0 Å². The summed E-state index contributed by atoms with van der Waals surface area (Å²) in [5.41, 5.74) is 3.94. The summed E-state index contributed by atoms with van der Waals surface area (Å²) in [7, 11) is 0. The second kappa shape index (κ2) is 6.36. The predicted molar refractivity (Wildman–Crippen MR) is 97.5 cm³/mol. The molecule has 0 amide bonds. The first-order valence-electron chi connectivity index (χ1n) is 8.15. The molecule has 3 aromatic carbocycles. The van der Waals surface area contributed by atoms with Crippen molar-refractivity contribution in [3.8, 4) is 0 Å². The summed E-state index contributed by atoms with van der Waals surface area (Å²) < 4.78 is 13.5. The van der Waals surface area contributed by atoms with Gasteiger partial charge in [-0.2, -0.15) is 0 Å². The molecule has 0 bridgehead atoms. The van der Waals surface area contributed by atoms with Crippen LogP contribution in [-0.4, -0.2) is 5.78 Å². The molecule has 1 aliphatic carbocycles. The first kappa shape index (κ1) is 15.3. The lowest BCUT2D eigenvalue weighted by Gasteiger charge is -2.21. The summed E-state index contributed by atoms with van der Waals surface area (Å²) in [6.45, 7) is 0. The van der Waals surface area contributed by atoms with E-state index in [0.717, 1.165) is 16.9 Å². The van der Waals surface area contributed by atoms with Crippen LogP contribution in [0.3, 0.4) is 0 Å². The SMILES string of the molecule is O=C1/C(=C/N(c2ccccc2)c2ccccc2)Cc2cc(F)ccc21. The van der Waals surface area contributed by atoms with Crippen molar-refractivity contribution in [1.29, 1.82) is 0 Å². The second-order valence-corrected chi connectivity index (χ2v) is 6.00. The van der Waals surface area contributed by atoms with Crippen LogP contribution in [0.1, 0.15) is 15.9 Å². The van der Waals surface area contributed by atoms with Crippen LogP contribution in [0.15, 0.2) is 90.6 Å². The molecule has 0 N–H and O–H groups in total. The van der Waals surface area contributed by atoms with E-state index in [0.29, 0.717) is 17.6 Å². The van der Waals surface area contributed by atoms with Crippen LogP contribution >= 0.6 is 0 Å². The third-order valence-corrected chi connectivity index (χ3v) is 4.34. The zero-order chi connectivity index (χ0) is 17.2. The Kier molecular flexibility index (Phi) is 3.90. The van der Waals surface area contributed by atoms with Crippen molar-refractivity contribution in [2.45, 2.75) is 6.42 Å². The van der Waals surface area contributed by atoms with E-state index in [1.165, 1.54) is 12.1 Å². The summed E-state index contributed by atoms with van der Waals surface area (Å²) in [5, 5.41) is 0. The van der Waals surface area contributed by atoms with E-state index >= 15 is 0 Å². The number of nitrogens with zero attached hydrogens (tertiary/aromatic N) is 1. The molecule has 3 heteroatoms. The Morgan fingerprint density at radius 2 is 1.44 bits per heavy atom. The minimum absolute atomic E-state index is 0.0353. The number of benzene rings is 3. The van der Waals surface area contributed by atoms with Gasteiger partial charge in [-0.15, -0.1) is 0 Å². The summed E-state index contributed by atoms with van der Waals surface area (Å²) >= 11 is 0.